The van der Waals surface area contributed by atoms with Gasteiger partial charge in [0.25, 0.3) is 5.91 Å². The summed E-state index contributed by atoms with van der Waals surface area (Å²) in [4.78, 5) is 12.0. The van der Waals surface area contributed by atoms with Gasteiger partial charge < -0.3 is 14.8 Å². The van der Waals surface area contributed by atoms with Gasteiger partial charge in [-0.2, -0.15) is 0 Å². The number of methoxy groups -OCH3 is 1. The third-order valence-corrected chi connectivity index (χ3v) is 4.08. The number of hydrogen-bond acceptors (Lipinski definition) is 3. The smallest absolute Gasteiger partial charge is 0.251 e. The molecule has 0 atom stereocenters. The maximum atomic E-state index is 12.0. The lowest BCUT2D eigenvalue weighted by Crippen LogP contribution is -2.28. The second-order valence-corrected chi connectivity index (χ2v) is 5.62. The fourth-order valence-electron chi connectivity index (χ4n) is 2.82. The molecule has 0 fully saturated rings. The standard InChI is InChI=1S/C19H21NO3/c1-22-17-8-6-15(7-9-17)19(21)20-11-12-23-18-10-5-14-3-2-4-16(14)13-18/h5-10,13H,2-4,11-12H2,1H3,(H,20,21). The van der Waals surface area contributed by atoms with Gasteiger partial charge in [-0.1, -0.05) is 6.07 Å². The number of fused-ring (bicyclic) bond motifs is 1. The maximum Gasteiger partial charge on any atom is 0.251 e. The molecule has 0 saturated heterocycles. The molecular formula is C19H21NO3. The Kier molecular flexibility index (Phi) is 4.81. The number of ether oxygens (including phenoxy) is 2. The summed E-state index contributed by atoms with van der Waals surface area (Å²) in [5.74, 6) is 1.51. The predicted molar refractivity (Wildman–Crippen MR) is 89.3 cm³/mol. The molecule has 3 rings (SSSR count). The van der Waals surface area contributed by atoms with Gasteiger partial charge in [-0.15, -0.1) is 0 Å². The van der Waals surface area contributed by atoms with Gasteiger partial charge in [0.05, 0.1) is 13.7 Å². The molecule has 0 saturated carbocycles. The Hall–Kier alpha value is -2.49. The first-order valence-electron chi connectivity index (χ1n) is 7.93. The molecular weight excluding hydrogens is 290 g/mol. The molecule has 2 aromatic carbocycles. The van der Waals surface area contributed by atoms with Gasteiger partial charge >= 0.3 is 0 Å². The zero-order valence-electron chi connectivity index (χ0n) is 13.3. The molecule has 1 aliphatic carbocycles. The largest absolute Gasteiger partial charge is 0.497 e. The van der Waals surface area contributed by atoms with E-state index in [-0.39, 0.29) is 5.91 Å². The minimum Gasteiger partial charge on any atom is -0.497 e. The SMILES string of the molecule is COc1ccc(C(=O)NCCOc2ccc3c(c2)CCC3)cc1. The normalized spacial score (nSPS) is 12.6. The molecule has 0 aromatic heterocycles. The Morgan fingerprint density at radius 3 is 2.57 bits per heavy atom. The molecule has 0 spiro atoms. The van der Waals surface area contributed by atoms with Gasteiger partial charge in [0, 0.05) is 5.56 Å². The molecule has 1 N–H and O–H groups in total. The molecule has 0 heterocycles. The van der Waals surface area contributed by atoms with Gasteiger partial charge in [0.1, 0.15) is 18.1 Å². The molecule has 4 nitrogen and oxygen atoms in total. The summed E-state index contributed by atoms with van der Waals surface area (Å²) >= 11 is 0. The Labute approximate surface area is 136 Å². The number of carbonyl (C=O) groups is 1. The van der Waals surface area contributed by atoms with Crippen molar-refractivity contribution >= 4 is 5.91 Å². The van der Waals surface area contributed by atoms with E-state index in [0.717, 1.165) is 17.9 Å². The lowest BCUT2D eigenvalue weighted by atomic mass is 10.1. The van der Waals surface area contributed by atoms with Crippen LogP contribution in [-0.2, 0) is 12.8 Å². The van der Waals surface area contributed by atoms with E-state index >= 15 is 0 Å². The lowest BCUT2D eigenvalue weighted by molar-refractivity contribution is 0.0947. The van der Waals surface area contributed by atoms with Crippen molar-refractivity contribution in [3.05, 3.63) is 59.2 Å². The first-order valence-corrected chi connectivity index (χ1v) is 7.93. The van der Waals surface area contributed by atoms with Gasteiger partial charge in [-0.25, -0.2) is 0 Å². The van der Waals surface area contributed by atoms with E-state index in [0.29, 0.717) is 18.7 Å². The van der Waals surface area contributed by atoms with Crippen LogP contribution in [0.1, 0.15) is 27.9 Å². The zero-order chi connectivity index (χ0) is 16.1. The Balaban J connectivity index is 1.44. The van der Waals surface area contributed by atoms with Crippen LogP contribution in [0.3, 0.4) is 0 Å². The summed E-state index contributed by atoms with van der Waals surface area (Å²) in [6.07, 6.45) is 3.55. The van der Waals surface area contributed by atoms with Crippen LogP contribution in [0.2, 0.25) is 0 Å². The minimum absolute atomic E-state index is 0.106. The number of hydrogen-bond donors (Lipinski definition) is 1. The van der Waals surface area contributed by atoms with Crippen molar-refractivity contribution in [2.24, 2.45) is 0 Å². The molecule has 0 bridgehead atoms. The van der Waals surface area contributed by atoms with Crippen molar-refractivity contribution in [1.29, 1.82) is 0 Å². The van der Waals surface area contributed by atoms with Crippen LogP contribution < -0.4 is 14.8 Å². The maximum absolute atomic E-state index is 12.0. The summed E-state index contributed by atoms with van der Waals surface area (Å²) in [5.41, 5.74) is 3.44. The van der Waals surface area contributed by atoms with E-state index in [1.54, 1.807) is 31.4 Å². The molecule has 0 aliphatic heterocycles. The van der Waals surface area contributed by atoms with Crippen molar-refractivity contribution in [2.75, 3.05) is 20.3 Å². The Morgan fingerprint density at radius 1 is 1.04 bits per heavy atom. The third kappa shape index (κ3) is 3.83. The van der Waals surface area contributed by atoms with Gasteiger partial charge in [0.2, 0.25) is 0 Å². The highest BCUT2D eigenvalue weighted by Gasteiger charge is 2.11. The highest BCUT2D eigenvalue weighted by atomic mass is 16.5. The monoisotopic (exact) mass is 311 g/mol. The molecule has 2 aromatic rings. The van der Waals surface area contributed by atoms with Crippen LogP contribution in [0, 0.1) is 0 Å². The molecule has 0 unspecified atom stereocenters. The molecule has 1 amide bonds. The van der Waals surface area contributed by atoms with Crippen LogP contribution >= 0.6 is 0 Å². The van der Waals surface area contributed by atoms with E-state index in [9.17, 15) is 4.79 Å². The summed E-state index contributed by atoms with van der Waals surface area (Å²) in [5, 5.41) is 2.85. The van der Waals surface area contributed by atoms with E-state index in [4.69, 9.17) is 9.47 Å². The number of aryl methyl sites for hydroxylation is 2. The number of amides is 1. The minimum atomic E-state index is -0.106. The van der Waals surface area contributed by atoms with Crippen LogP contribution in [-0.4, -0.2) is 26.2 Å². The first kappa shape index (κ1) is 15.4. The predicted octanol–water partition coefficient (Wildman–Crippen LogP) is 2.99. The highest BCUT2D eigenvalue weighted by Crippen LogP contribution is 2.25. The highest BCUT2D eigenvalue weighted by molar-refractivity contribution is 5.94. The zero-order valence-corrected chi connectivity index (χ0v) is 13.3. The Morgan fingerprint density at radius 2 is 1.78 bits per heavy atom. The molecule has 0 radical (unpaired) electrons. The summed E-state index contributed by atoms with van der Waals surface area (Å²) in [7, 11) is 1.60. The topological polar surface area (TPSA) is 47.6 Å². The average molecular weight is 311 g/mol. The Bertz CT molecular complexity index is 680. The van der Waals surface area contributed by atoms with Crippen LogP contribution in [0.4, 0.5) is 0 Å². The molecule has 1 aliphatic rings. The van der Waals surface area contributed by atoms with Crippen molar-refractivity contribution in [1.82, 2.24) is 5.32 Å². The van der Waals surface area contributed by atoms with Crippen LogP contribution in [0.25, 0.3) is 0 Å². The van der Waals surface area contributed by atoms with Gasteiger partial charge in [-0.3, -0.25) is 4.79 Å². The van der Waals surface area contributed by atoms with Crippen molar-refractivity contribution < 1.29 is 14.3 Å². The second kappa shape index (κ2) is 7.18. The van der Waals surface area contributed by atoms with Gasteiger partial charge in [-0.05, 0) is 66.8 Å². The summed E-state index contributed by atoms with van der Waals surface area (Å²) in [6, 6.07) is 13.3. The molecule has 120 valence electrons. The van der Waals surface area contributed by atoms with Crippen LogP contribution in [0.15, 0.2) is 42.5 Å². The van der Waals surface area contributed by atoms with Gasteiger partial charge in [0.15, 0.2) is 0 Å². The van der Waals surface area contributed by atoms with Crippen molar-refractivity contribution in [3.63, 3.8) is 0 Å². The number of rotatable bonds is 6. The molecule has 4 heteroatoms. The average Bonchev–Trinajstić information content (AvgIpc) is 3.06. The van der Waals surface area contributed by atoms with Crippen molar-refractivity contribution in [3.8, 4) is 11.5 Å². The number of nitrogens with one attached hydrogen (secondary N) is 1. The van der Waals surface area contributed by atoms with E-state index < -0.39 is 0 Å². The van der Waals surface area contributed by atoms with E-state index in [1.165, 1.54) is 24.0 Å². The van der Waals surface area contributed by atoms with Crippen LogP contribution in [0.5, 0.6) is 11.5 Å². The quantitative estimate of drug-likeness (QED) is 0.834. The first-order chi connectivity index (χ1) is 11.3. The number of benzene rings is 2. The van der Waals surface area contributed by atoms with E-state index in [2.05, 4.69) is 17.4 Å². The lowest BCUT2D eigenvalue weighted by Gasteiger charge is -2.09. The third-order valence-electron chi connectivity index (χ3n) is 4.08. The van der Waals surface area contributed by atoms with Crippen molar-refractivity contribution in [2.45, 2.75) is 19.3 Å². The van der Waals surface area contributed by atoms with E-state index in [1.807, 2.05) is 6.07 Å². The molecule has 23 heavy (non-hydrogen) atoms. The second-order valence-electron chi connectivity index (χ2n) is 5.62. The fourth-order valence-corrected chi connectivity index (χ4v) is 2.82. The summed E-state index contributed by atoms with van der Waals surface area (Å²) < 4.78 is 10.8. The summed E-state index contributed by atoms with van der Waals surface area (Å²) in [6.45, 7) is 0.933. The fraction of sp³-hybridized carbons (Fsp3) is 0.316. The number of carbonyl (C=O) groups excluding carboxylic acids is 1.